The summed E-state index contributed by atoms with van der Waals surface area (Å²) in [6.45, 7) is 2.63. The monoisotopic (exact) mass is 382 g/mol. The Labute approximate surface area is 152 Å². The van der Waals surface area contributed by atoms with E-state index in [0.717, 1.165) is 12.8 Å². The van der Waals surface area contributed by atoms with Crippen LogP contribution in [-0.4, -0.2) is 34.5 Å². The fraction of sp³-hybridized carbons (Fsp3) is 0.353. The number of unbranched alkanes of at least 4 members (excludes halogenated alkanes) is 1. The summed E-state index contributed by atoms with van der Waals surface area (Å²) in [5, 5.41) is 4.49. The van der Waals surface area contributed by atoms with Gasteiger partial charge in [-0.05, 0) is 42.1 Å². The first-order valence-corrected chi connectivity index (χ1v) is 10.3. The van der Waals surface area contributed by atoms with E-state index in [1.807, 2.05) is 0 Å². The highest BCUT2D eigenvalue weighted by Gasteiger charge is 2.22. The van der Waals surface area contributed by atoms with Crippen LogP contribution in [0.4, 0.5) is 5.69 Å². The second-order valence-corrected chi connectivity index (χ2v) is 8.53. The van der Waals surface area contributed by atoms with Crippen molar-refractivity contribution in [3.8, 4) is 5.75 Å². The molecule has 0 atom stereocenters. The third-order valence-corrected chi connectivity index (χ3v) is 6.69. The molecule has 0 saturated heterocycles. The van der Waals surface area contributed by atoms with Crippen molar-refractivity contribution >= 4 is 33.0 Å². The van der Waals surface area contributed by atoms with Crippen molar-refractivity contribution in [1.29, 1.82) is 0 Å². The second-order valence-electron chi connectivity index (χ2n) is 5.39. The van der Waals surface area contributed by atoms with Gasteiger partial charge in [-0.2, -0.15) is 0 Å². The minimum atomic E-state index is -3.55. The van der Waals surface area contributed by atoms with Crippen molar-refractivity contribution in [2.24, 2.45) is 0 Å². The Bertz CT molecular complexity index is 771. The lowest BCUT2D eigenvalue weighted by Crippen LogP contribution is -2.29. The smallest absolute Gasteiger partial charge is 0.273 e. The predicted molar refractivity (Wildman–Crippen MR) is 99.8 cm³/mol. The van der Waals surface area contributed by atoms with E-state index >= 15 is 0 Å². The molecule has 136 valence electrons. The maximum absolute atomic E-state index is 12.5. The van der Waals surface area contributed by atoms with Crippen molar-refractivity contribution in [2.45, 2.75) is 24.0 Å². The number of hydrogen-bond donors (Lipinski definition) is 1. The molecule has 1 aromatic carbocycles. The van der Waals surface area contributed by atoms with Gasteiger partial charge in [-0.1, -0.05) is 19.4 Å². The zero-order chi connectivity index (χ0) is 18.3. The Morgan fingerprint density at radius 3 is 2.56 bits per heavy atom. The highest BCUT2D eigenvalue weighted by Crippen LogP contribution is 2.26. The van der Waals surface area contributed by atoms with Gasteiger partial charge in [0, 0.05) is 13.6 Å². The van der Waals surface area contributed by atoms with E-state index < -0.39 is 10.0 Å². The molecular formula is C17H22N2O4S2. The van der Waals surface area contributed by atoms with Gasteiger partial charge in [0.05, 0.1) is 5.69 Å². The molecule has 0 unspecified atom stereocenters. The molecule has 2 rings (SSSR count). The van der Waals surface area contributed by atoms with Crippen LogP contribution in [0.1, 0.15) is 19.8 Å². The maximum atomic E-state index is 12.5. The van der Waals surface area contributed by atoms with Gasteiger partial charge >= 0.3 is 0 Å². The summed E-state index contributed by atoms with van der Waals surface area (Å²) in [6.07, 6.45) is 1.95. The van der Waals surface area contributed by atoms with Gasteiger partial charge in [0.15, 0.2) is 6.61 Å². The molecule has 0 aliphatic rings. The quantitative estimate of drug-likeness (QED) is 0.677. The summed E-state index contributed by atoms with van der Waals surface area (Å²) in [7, 11) is -2.05. The number of benzene rings is 1. The fourth-order valence-corrected chi connectivity index (χ4v) is 4.40. The molecule has 1 amide bonds. The number of thiophene rings is 1. The Kier molecular flexibility index (Phi) is 6.83. The van der Waals surface area contributed by atoms with Crippen LogP contribution < -0.4 is 14.4 Å². The maximum Gasteiger partial charge on any atom is 0.273 e. The van der Waals surface area contributed by atoms with E-state index in [1.165, 1.54) is 22.7 Å². The van der Waals surface area contributed by atoms with Crippen LogP contribution in [0.5, 0.6) is 5.75 Å². The Balaban J connectivity index is 1.94. The van der Waals surface area contributed by atoms with Gasteiger partial charge < -0.3 is 10.1 Å². The van der Waals surface area contributed by atoms with Crippen molar-refractivity contribution < 1.29 is 17.9 Å². The number of carbonyl (C=O) groups is 1. The first-order chi connectivity index (χ1) is 11.9. The molecule has 2 aromatic rings. The van der Waals surface area contributed by atoms with E-state index in [0.29, 0.717) is 22.2 Å². The van der Waals surface area contributed by atoms with Crippen LogP contribution >= 0.6 is 11.3 Å². The Morgan fingerprint density at radius 1 is 1.24 bits per heavy atom. The molecule has 0 fully saturated rings. The molecule has 0 bridgehead atoms. The number of anilines is 1. The van der Waals surface area contributed by atoms with Gasteiger partial charge in [-0.25, -0.2) is 8.42 Å². The van der Waals surface area contributed by atoms with Crippen molar-refractivity contribution in [2.75, 3.05) is 24.5 Å². The molecule has 0 saturated carbocycles. The van der Waals surface area contributed by atoms with Crippen molar-refractivity contribution in [3.63, 3.8) is 0 Å². The van der Waals surface area contributed by atoms with Gasteiger partial charge in [0.2, 0.25) is 0 Å². The average molecular weight is 383 g/mol. The van der Waals surface area contributed by atoms with Gasteiger partial charge in [-0.3, -0.25) is 9.10 Å². The summed E-state index contributed by atoms with van der Waals surface area (Å²) in [4.78, 5) is 11.6. The number of nitrogens with one attached hydrogen (secondary N) is 1. The number of carbonyl (C=O) groups excluding carboxylic acids is 1. The average Bonchev–Trinajstić information content (AvgIpc) is 3.15. The standard InChI is InChI=1S/C17H22N2O4S2/c1-3-4-11-18-16(20)13-23-15-9-7-14(8-10-15)19(2)25(21,22)17-6-5-12-24-17/h5-10,12H,3-4,11,13H2,1-2H3,(H,18,20). The minimum absolute atomic E-state index is 0.0631. The third-order valence-electron chi connectivity index (χ3n) is 3.53. The number of ether oxygens (including phenoxy) is 1. The summed E-state index contributed by atoms with van der Waals surface area (Å²) in [6, 6.07) is 9.87. The highest BCUT2D eigenvalue weighted by molar-refractivity contribution is 7.94. The normalized spacial score (nSPS) is 11.1. The Morgan fingerprint density at radius 2 is 1.96 bits per heavy atom. The number of nitrogens with zero attached hydrogens (tertiary/aromatic N) is 1. The summed E-state index contributed by atoms with van der Waals surface area (Å²) in [5.74, 6) is 0.339. The largest absolute Gasteiger partial charge is 0.484 e. The third kappa shape index (κ3) is 5.20. The van der Waals surface area contributed by atoms with Crippen molar-refractivity contribution in [3.05, 3.63) is 41.8 Å². The summed E-state index contributed by atoms with van der Waals surface area (Å²) < 4.78 is 31.9. The SMILES string of the molecule is CCCCNC(=O)COc1ccc(N(C)S(=O)(=O)c2cccs2)cc1. The van der Waals surface area contributed by atoms with E-state index in [1.54, 1.807) is 41.8 Å². The molecule has 0 aliphatic heterocycles. The molecule has 0 aliphatic carbocycles. The zero-order valence-corrected chi connectivity index (χ0v) is 15.9. The topological polar surface area (TPSA) is 75.7 Å². The molecule has 25 heavy (non-hydrogen) atoms. The lowest BCUT2D eigenvalue weighted by molar-refractivity contribution is -0.123. The van der Waals surface area contributed by atoms with E-state index in [2.05, 4.69) is 12.2 Å². The number of hydrogen-bond acceptors (Lipinski definition) is 5. The lowest BCUT2D eigenvalue weighted by Gasteiger charge is -2.18. The highest BCUT2D eigenvalue weighted by atomic mass is 32.2. The van der Waals surface area contributed by atoms with Crippen molar-refractivity contribution in [1.82, 2.24) is 5.32 Å². The number of sulfonamides is 1. The van der Waals surface area contributed by atoms with Crippen LogP contribution in [0.25, 0.3) is 0 Å². The molecule has 1 aromatic heterocycles. The predicted octanol–water partition coefficient (Wildman–Crippen LogP) is 2.87. The first kappa shape index (κ1) is 19.3. The molecule has 6 nitrogen and oxygen atoms in total. The second kappa shape index (κ2) is 8.87. The summed E-state index contributed by atoms with van der Waals surface area (Å²) >= 11 is 1.18. The molecular weight excluding hydrogens is 360 g/mol. The lowest BCUT2D eigenvalue weighted by atomic mass is 10.3. The van der Waals surface area contributed by atoms with Gasteiger partial charge in [0.25, 0.3) is 15.9 Å². The van der Waals surface area contributed by atoms with Crippen LogP contribution in [0.2, 0.25) is 0 Å². The van der Waals surface area contributed by atoms with Crippen LogP contribution in [0, 0.1) is 0 Å². The fourth-order valence-electron chi connectivity index (χ4n) is 2.04. The molecule has 1 heterocycles. The van der Waals surface area contributed by atoms with E-state index in [9.17, 15) is 13.2 Å². The molecule has 0 spiro atoms. The zero-order valence-electron chi connectivity index (χ0n) is 14.3. The molecule has 8 heteroatoms. The van der Waals surface area contributed by atoms with E-state index in [-0.39, 0.29) is 12.5 Å². The molecule has 1 N–H and O–H groups in total. The van der Waals surface area contributed by atoms with Crippen LogP contribution in [0.15, 0.2) is 46.0 Å². The number of rotatable bonds is 9. The minimum Gasteiger partial charge on any atom is -0.484 e. The first-order valence-electron chi connectivity index (χ1n) is 7.97. The van der Waals surface area contributed by atoms with Gasteiger partial charge in [-0.15, -0.1) is 11.3 Å². The van der Waals surface area contributed by atoms with E-state index in [4.69, 9.17) is 4.74 Å². The summed E-state index contributed by atoms with van der Waals surface area (Å²) in [5.41, 5.74) is 0.521. The molecule has 0 radical (unpaired) electrons. The number of amides is 1. The van der Waals surface area contributed by atoms with Gasteiger partial charge in [0.1, 0.15) is 9.96 Å². The Hall–Kier alpha value is -2.06. The van der Waals surface area contributed by atoms with Crippen LogP contribution in [0.3, 0.4) is 0 Å². The van der Waals surface area contributed by atoms with Crippen LogP contribution in [-0.2, 0) is 14.8 Å².